The summed E-state index contributed by atoms with van der Waals surface area (Å²) in [6.07, 6.45) is 4.02. The van der Waals surface area contributed by atoms with Gasteiger partial charge in [0.1, 0.15) is 28.6 Å². The van der Waals surface area contributed by atoms with Crippen molar-refractivity contribution in [1.82, 2.24) is 24.7 Å². The Morgan fingerprint density at radius 3 is 3.05 bits per heavy atom. The van der Waals surface area contributed by atoms with Gasteiger partial charge in [0.25, 0.3) is 0 Å². The van der Waals surface area contributed by atoms with E-state index >= 15 is 0 Å². The number of hydrogen-bond donors (Lipinski definition) is 0. The second-order valence-corrected chi connectivity index (χ2v) is 6.61. The highest BCUT2D eigenvalue weighted by Crippen LogP contribution is 2.32. The Morgan fingerprint density at radius 2 is 2.23 bits per heavy atom. The highest BCUT2D eigenvalue weighted by atomic mass is 32.1. The first-order chi connectivity index (χ1) is 10.7. The molecule has 1 atom stereocenters. The maximum Gasteiger partial charge on any atom is 0.147 e. The lowest BCUT2D eigenvalue weighted by Gasteiger charge is -2.26. The molecule has 3 aromatic rings. The van der Waals surface area contributed by atoms with Crippen LogP contribution >= 0.6 is 11.3 Å². The molecule has 3 aromatic heterocycles. The van der Waals surface area contributed by atoms with Gasteiger partial charge >= 0.3 is 0 Å². The first-order valence-electron chi connectivity index (χ1n) is 7.55. The van der Waals surface area contributed by atoms with Crippen LogP contribution in [0.15, 0.2) is 17.8 Å². The highest BCUT2D eigenvalue weighted by molar-refractivity contribution is 7.16. The van der Waals surface area contributed by atoms with E-state index in [0.717, 1.165) is 47.2 Å². The van der Waals surface area contributed by atoms with Gasteiger partial charge in [-0.2, -0.15) is 5.10 Å². The number of aryl methyl sites for hydroxylation is 2. The molecule has 1 aliphatic rings. The molecule has 1 aliphatic heterocycles. The summed E-state index contributed by atoms with van der Waals surface area (Å²) in [6.45, 7) is 5.86. The Kier molecular flexibility index (Phi) is 3.29. The summed E-state index contributed by atoms with van der Waals surface area (Å²) in [7, 11) is 0. The van der Waals surface area contributed by atoms with Crippen LogP contribution in [0.3, 0.4) is 0 Å². The van der Waals surface area contributed by atoms with E-state index in [2.05, 4.69) is 36.4 Å². The fourth-order valence-electron chi connectivity index (χ4n) is 3.24. The number of thiophene rings is 1. The van der Waals surface area contributed by atoms with Gasteiger partial charge in [-0.1, -0.05) is 0 Å². The molecule has 1 saturated heterocycles. The number of anilines is 1. The molecular weight excluding hydrogens is 296 g/mol. The van der Waals surface area contributed by atoms with E-state index in [1.807, 2.05) is 18.5 Å². The molecular formula is C15H18N6S. The maximum absolute atomic E-state index is 4.56. The van der Waals surface area contributed by atoms with Crippen LogP contribution in [0.2, 0.25) is 0 Å². The summed E-state index contributed by atoms with van der Waals surface area (Å²) in [4.78, 5) is 16.8. The lowest BCUT2D eigenvalue weighted by molar-refractivity contribution is 0.495. The zero-order valence-electron chi connectivity index (χ0n) is 12.7. The van der Waals surface area contributed by atoms with Gasteiger partial charge in [0.2, 0.25) is 0 Å². The average Bonchev–Trinajstić information content (AvgIpc) is 3.20. The second-order valence-electron chi connectivity index (χ2n) is 5.71. The fourth-order valence-corrected chi connectivity index (χ4v) is 3.97. The molecule has 7 heteroatoms. The van der Waals surface area contributed by atoms with Crippen LogP contribution in [0.1, 0.15) is 24.5 Å². The minimum absolute atomic E-state index is 0.415. The van der Waals surface area contributed by atoms with Crippen molar-refractivity contribution in [2.75, 3.05) is 11.4 Å². The number of hydrogen-bond acceptors (Lipinski definition) is 6. The summed E-state index contributed by atoms with van der Waals surface area (Å²) in [6, 6.07) is 2.54. The quantitative estimate of drug-likeness (QED) is 0.743. The zero-order valence-corrected chi connectivity index (χ0v) is 13.5. The molecule has 0 bridgehead atoms. The Labute approximate surface area is 132 Å². The number of aromatic nitrogens is 5. The molecule has 0 N–H and O–H groups in total. The van der Waals surface area contributed by atoms with Crippen molar-refractivity contribution in [2.24, 2.45) is 0 Å². The molecule has 0 spiro atoms. The van der Waals surface area contributed by atoms with Gasteiger partial charge in [0.05, 0.1) is 18.0 Å². The van der Waals surface area contributed by atoms with E-state index in [-0.39, 0.29) is 0 Å². The molecule has 22 heavy (non-hydrogen) atoms. The van der Waals surface area contributed by atoms with Gasteiger partial charge in [-0.05, 0) is 38.1 Å². The maximum atomic E-state index is 4.56. The van der Waals surface area contributed by atoms with Crippen molar-refractivity contribution in [3.05, 3.63) is 29.4 Å². The van der Waals surface area contributed by atoms with E-state index in [9.17, 15) is 0 Å². The van der Waals surface area contributed by atoms with Crippen LogP contribution in [0.5, 0.6) is 0 Å². The molecule has 6 nitrogen and oxygen atoms in total. The van der Waals surface area contributed by atoms with E-state index in [4.69, 9.17) is 0 Å². The largest absolute Gasteiger partial charge is 0.351 e. The van der Waals surface area contributed by atoms with E-state index in [1.54, 1.807) is 17.7 Å². The predicted octanol–water partition coefficient (Wildman–Crippen LogP) is 2.57. The Hall–Kier alpha value is -2.02. The molecule has 0 radical (unpaired) electrons. The van der Waals surface area contributed by atoms with Crippen LogP contribution in [-0.4, -0.2) is 37.3 Å². The van der Waals surface area contributed by atoms with Crippen LogP contribution in [0.25, 0.3) is 10.2 Å². The fraction of sp³-hybridized carbons (Fsp3) is 0.467. The predicted molar refractivity (Wildman–Crippen MR) is 87.3 cm³/mol. The van der Waals surface area contributed by atoms with Gasteiger partial charge in [0, 0.05) is 6.54 Å². The van der Waals surface area contributed by atoms with Gasteiger partial charge in [-0.3, -0.25) is 0 Å². The van der Waals surface area contributed by atoms with E-state index in [1.165, 1.54) is 6.42 Å². The highest BCUT2D eigenvalue weighted by Gasteiger charge is 2.28. The van der Waals surface area contributed by atoms with Gasteiger partial charge in [-0.15, -0.1) is 11.3 Å². The van der Waals surface area contributed by atoms with Crippen LogP contribution in [0.4, 0.5) is 5.82 Å². The Bertz CT molecular complexity index is 807. The first kappa shape index (κ1) is 13.6. The number of rotatable bonds is 3. The van der Waals surface area contributed by atoms with E-state index in [0.29, 0.717) is 6.04 Å². The van der Waals surface area contributed by atoms with Crippen molar-refractivity contribution < 1.29 is 0 Å². The van der Waals surface area contributed by atoms with Gasteiger partial charge in [-0.25, -0.2) is 19.6 Å². The first-order valence-corrected chi connectivity index (χ1v) is 8.43. The van der Waals surface area contributed by atoms with Crippen molar-refractivity contribution in [1.29, 1.82) is 0 Å². The summed E-state index contributed by atoms with van der Waals surface area (Å²) in [5.41, 5.74) is 0. The molecule has 114 valence electrons. The van der Waals surface area contributed by atoms with Crippen molar-refractivity contribution in [3.63, 3.8) is 0 Å². The monoisotopic (exact) mass is 314 g/mol. The summed E-state index contributed by atoms with van der Waals surface area (Å²) < 4.78 is 2.02. The van der Waals surface area contributed by atoms with Crippen LogP contribution < -0.4 is 4.90 Å². The summed E-state index contributed by atoms with van der Waals surface area (Å²) >= 11 is 1.67. The van der Waals surface area contributed by atoms with Crippen molar-refractivity contribution >= 4 is 27.4 Å². The number of fused-ring (bicyclic) bond motifs is 1. The minimum Gasteiger partial charge on any atom is -0.351 e. The third kappa shape index (κ3) is 2.25. The number of nitrogens with zero attached hydrogens (tertiary/aromatic N) is 6. The van der Waals surface area contributed by atoms with Crippen LogP contribution in [-0.2, 0) is 6.54 Å². The zero-order chi connectivity index (χ0) is 15.1. The molecule has 4 heterocycles. The normalized spacial score (nSPS) is 18.5. The molecule has 1 fully saturated rings. The van der Waals surface area contributed by atoms with Crippen LogP contribution in [0, 0.1) is 13.8 Å². The molecule has 0 aromatic carbocycles. The van der Waals surface area contributed by atoms with E-state index < -0.39 is 0 Å². The molecule has 0 saturated carbocycles. The van der Waals surface area contributed by atoms with Gasteiger partial charge < -0.3 is 4.90 Å². The summed E-state index contributed by atoms with van der Waals surface area (Å²) in [5.74, 6) is 2.88. The molecule has 0 amide bonds. The average molecular weight is 314 g/mol. The second kappa shape index (κ2) is 5.31. The SMILES string of the molecule is Cc1nc(C)n(C[C@@H]2CCCN2c2ncnc3sccc23)n1. The Morgan fingerprint density at radius 1 is 1.32 bits per heavy atom. The molecule has 0 aliphatic carbocycles. The standard InChI is InChI=1S/C15H18N6S/c1-10-18-11(2)21(19-10)8-12-4-3-6-20(12)14-13-5-7-22-15(13)17-9-16-14/h5,7,9,12H,3-4,6,8H2,1-2H3/t12-/m0/s1. The third-order valence-corrected chi connectivity index (χ3v) is 5.06. The lowest BCUT2D eigenvalue weighted by atomic mass is 10.2. The van der Waals surface area contributed by atoms with Crippen molar-refractivity contribution in [2.45, 2.75) is 39.3 Å². The minimum atomic E-state index is 0.415. The molecule has 4 rings (SSSR count). The Balaban J connectivity index is 1.66. The summed E-state index contributed by atoms with van der Waals surface area (Å²) in [5, 5.41) is 7.74. The smallest absolute Gasteiger partial charge is 0.147 e. The van der Waals surface area contributed by atoms with Crippen molar-refractivity contribution in [3.8, 4) is 0 Å². The van der Waals surface area contributed by atoms with Gasteiger partial charge in [0.15, 0.2) is 0 Å². The lowest BCUT2D eigenvalue weighted by Crippen LogP contribution is -2.34. The molecule has 0 unspecified atom stereocenters. The topological polar surface area (TPSA) is 59.7 Å². The third-order valence-electron chi connectivity index (χ3n) is 4.24.